The second-order valence-electron chi connectivity index (χ2n) is 7.93. The summed E-state index contributed by atoms with van der Waals surface area (Å²) in [4.78, 5) is 10.8. The van der Waals surface area contributed by atoms with Crippen LogP contribution in [0.3, 0.4) is 0 Å². The fourth-order valence-corrected chi connectivity index (χ4v) is 2.76. The van der Waals surface area contributed by atoms with E-state index in [1.54, 1.807) is 20.4 Å². The van der Waals surface area contributed by atoms with Crippen molar-refractivity contribution in [2.45, 2.75) is 38.8 Å². The molecule has 7 nitrogen and oxygen atoms in total. The van der Waals surface area contributed by atoms with Crippen LogP contribution in [0.4, 0.5) is 0 Å². The van der Waals surface area contributed by atoms with E-state index in [2.05, 4.69) is 72.5 Å². The molecule has 0 saturated heterocycles. The van der Waals surface area contributed by atoms with Crippen LogP contribution >= 0.6 is 0 Å². The summed E-state index contributed by atoms with van der Waals surface area (Å²) in [5.74, 6) is 3.07. The summed E-state index contributed by atoms with van der Waals surface area (Å²) in [5.41, 5.74) is 1.12. The third kappa shape index (κ3) is 5.99. The van der Waals surface area contributed by atoms with Crippen LogP contribution < -0.4 is 15.4 Å². The summed E-state index contributed by atoms with van der Waals surface area (Å²) < 4.78 is 11.2. The van der Waals surface area contributed by atoms with Gasteiger partial charge in [-0.3, -0.25) is 4.99 Å². The Balaban J connectivity index is 1.96. The van der Waals surface area contributed by atoms with Crippen molar-refractivity contribution in [1.29, 1.82) is 0 Å². The third-order valence-electron chi connectivity index (χ3n) is 4.49. The SMILES string of the molecule is CN=C(NCc1ncc(C(C)(C)C)o1)NCC(c1cccc(OC)c1)N(C)C. The zero-order valence-electron chi connectivity index (χ0n) is 18.0. The lowest BCUT2D eigenvalue weighted by atomic mass is 9.94. The Morgan fingerprint density at radius 3 is 2.61 bits per heavy atom. The average Bonchev–Trinajstić information content (AvgIpc) is 3.14. The number of oxazole rings is 1. The van der Waals surface area contributed by atoms with Gasteiger partial charge in [0.1, 0.15) is 11.5 Å². The Labute approximate surface area is 168 Å². The van der Waals surface area contributed by atoms with Crippen LogP contribution in [0.15, 0.2) is 39.9 Å². The first-order chi connectivity index (χ1) is 13.2. The van der Waals surface area contributed by atoms with Crippen LogP contribution in [0.25, 0.3) is 0 Å². The van der Waals surface area contributed by atoms with Gasteiger partial charge in [-0.1, -0.05) is 32.9 Å². The van der Waals surface area contributed by atoms with Crippen LogP contribution in [0.1, 0.15) is 44.0 Å². The molecule has 0 aliphatic carbocycles. The lowest BCUT2D eigenvalue weighted by Crippen LogP contribution is -2.41. The zero-order valence-corrected chi connectivity index (χ0v) is 18.0. The Kier molecular flexibility index (Phi) is 7.45. The quantitative estimate of drug-likeness (QED) is 0.562. The van der Waals surface area contributed by atoms with Crippen molar-refractivity contribution in [2.24, 2.45) is 4.99 Å². The predicted octanol–water partition coefficient (Wildman–Crippen LogP) is 2.95. The number of guanidine groups is 1. The number of ether oxygens (including phenoxy) is 1. The topological polar surface area (TPSA) is 74.9 Å². The summed E-state index contributed by atoms with van der Waals surface area (Å²) in [5, 5.41) is 6.64. The number of likely N-dealkylation sites (N-methyl/N-ethyl adjacent to an activating group) is 1. The largest absolute Gasteiger partial charge is 0.497 e. The normalized spacial score (nSPS) is 13.5. The first-order valence-corrected chi connectivity index (χ1v) is 9.44. The number of nitrogens with zero attached hydrogens (tertiary/aromatic N) is 3. The van der Waals surface area contributed by atoms with Crippen molar-refractivity contribution in [3.63, 3.8) is 0 Å². The Morgan fingerprint density at radius 2 is 2.04 bits per heavy atom. The van der Waals surface area contributed by atoms with E-state index in [1.807, 2.05) is 12.1 Å². The molecule has 1 aromatic heterocycles. The number of rotatable bonds is 7. The highest BCUT2D eigenvalue weighted by Crippen LogP contribution is 2.23. The van der Waals surface area contributed by atoms with Gasteiger partial charge in [-0.25, -0.2) is 4.98 Å². The fourth-order valence-electron chi connectivity index (χ4n) is 2.76. The number of methoxy groups -OCH3 is 1. The van der Waals surface area contributed by atoms with E-state index in [-0.39, 0.29) is 11.5 Å². The third-order valence-corrected chi connectivity index (χ3v) is 4.49. The van der Waals surface area contributed by atoms with Crippen LogP contribution in [-0.2, 0) is 12.0 Å². The molecule has 2 N–H and O–H groups in total. The van der Waals surface area contributed by atoms with Crippen LogP contribution in [0.2, 0.25) is 0 Å². The number of aromatic nitrogens is 1. The summed E-state index contributed by atoms with van der Waals surface area (Å²) >= 11 is 0. The lowest BCUT2D eigenvalue weighted by Gasteiger charge is -2.26. The predicted molar refractivity (Wildman–Crippen MR) is 113 cm³/mol. The molecule has 1 unspecified atom stereocenters. The van der Waals surface area contributed by atoms with Crippen molar-refractivity contribution in [1.82, 2.24) is 20.5 Å². The standard InChI is InChI=1S/C21H33N5O2/c1-21(2,3)18-13-23-19(28-18)14-25-20(22-4)24-12-17(26(5)6)15-9-8-10-16(11-15)27-7/h8-11,13,17H,12,14H2,1-7H3,(H2,22,24,25). The van der Waals surface area contributed by atoms with Gasteiger partial charge >= 0.3 is 0 Å². The molecule has 2 rings (SSSR count). The summed E-state index contributed by atoms with van der Waals surface area (Å²) in [7, 11) is 7.55. The Bertz CT molecular complexity index is 777. The van der Waals surface area contributed by atoms with Crippen molar-refractivity contribution in [2.75, 3.05) is 34.8 Å². The minimum atomic E-state index is -0.0547. The maximum Gasteiger partial charge on any atom is 0.213 e. The van der Waals surface area contributed by atoms with Gasteiger partial charge in [0.15, 0.2) is 5.96 Å². The van der Waals surface area contributed by atoms with Gasteiger partial charge in [0.2, 0.25) is 5.89 Å². The molecule has 7 heteroatoms. The van der Waals surface area contributed by atoms with Crippen LogP contribution in [-0.4, -0.2) is 50.6 Å². The maximum absolute atomic E-state index is 5.82. The van der Waals surface area contributed by atoms with E-state index in [0.717, 1.165) is 11.5 Å². The summed E-state index contributed by atoms with van der Waals surface area (Å²) in [6, 6.07) is 8.29. The molecule has 0 spiro atoms. The minimum Gasteiger partial charge on any atom is -0.497 e. The first kappa shape index (κ1) is 21.8. The number of aliphatic imine (C=N–C) groups is 1. The maximum atomic E-state index is 5.82. The molecular weight excluding hydrogens is 354 g/mol. The molecule has 0 radical (unpaired) electrons. The molecule has 154 valence electrons. The smallest absolute Gasteiger partial charge is 0.213 e. The molecule has 0 aliphatic rings. The van der Waals surface area contributed by atoms with E-state index in [0.29, 0.717) is 24.9 Å². The highest BCUT2D eigenvalue weighted by Gasteiger charge is 2.19. The van der Waals surface area contributed by atoms with E-state index in [9.17, 15) is 0 Å². The summed E-state index contributed by atoms with van der Waals surface area (Å²) in [6.45, 7) is 7.47. The monoisotopic (exact) mass is 387 g/mol. The molecule has 1 heterocycles. The van der Waals surface area contributed by atoms with Crippen molar-refractivity contribution >= 4 is 5.96 Å². The van der Waals surface area contributed by atoms with Crippen molar-refractivity contribution in [3.05, 3.63) is 47.7 Å². The molecule has 0 aliphatic heterocycles. The van der Waals surface area contributed by atoms with Gasteiger partial charge in [-0.15, -0.1) is 0 Å². The fraction of sp³-hybridized carbons (Fsp3) is 0.524. The van der Waals surface area contributed by atoms with Gasteiger partial charge in [0, 0.05) is 19.0 Å². The zero-order chi connectivity index (χ0) is 20.7. The highest BCUT2D eigenvalue weighted by molar-refractivity contribution is 5.79. The minimum absolute atomic E-state index is 0.0547. The Hall–Kier alpha value is -2.54. The van der Waals surface area contributed by atoms with Gasteiger partial charge in [0.25, 0.3) is 0 Å². The lowest BCUT2D eigenvalue weighted by molar-refractivity contribution is 0.297. The number of benzene rings is 1. The highest BCUT2D eigenvalue weighted by atomic mass is 16.5. The van der Waals surface area contributed by atoms with E-state index < -0.39 is 0 Å². The van der Waals surface area contributed by atoms with Gasteiger partial charge in [-0.05, 0) is 31.8 Å². The second kappa shape index (κ2) is 9.59. The number of nitrogens with one attached hydrogen (secondary N) is 2. The van der Waals surface area contributed by atoms with Crippen LogP contribution in [0.5, 0.6) is 5.75 Å². The average molecular weight is 388 g/mol. The molecule has 28 heavy (non-hydrogen) atoms. The van der Waals surface area contributed by atoms with E-state index in [1.165, 1.54) is 5.56 Å². The molecular formula is C21H33N5O2. The molecule has 0 fully saturated rings. The van der Waals surface area contributed by atoms with E-state index in [4.69, 9.17) is 9.15 Å². The van der Waals surface area contributed by atoms with E-state index >= 15 is 0 Å². The first-order valence-electron chi connectivity index (χ1n) is 9.44. The molecule has 0 saturated carbocycles. The molecule has 0 amide bonds. The summed E-state index contributed by atoms with van der Waals surface area (Å²) in [6.07, 6.45) is 1.79. The number of hydrogen-bond donors (Lipinski definition) is 2. The van der Waals surface area contributed by atoms with Crippen molar-refractivity contribution in [3.8, 4) is 5.75 Å². The number of hydrogen-bond acceptors (Lipinski definition) is 5. The molecule has 1 aromatic carbocycles. The van der Waals surface area contributed by atoms with Crippen molar-refractivity contribution < 1.29 is 9.15 Å². The second-order valence-corrected chi connectivity index (χ2v) is 7.93. The molecule has 2 aromatic rings. The van der Waals surface area contributed by atoms with Crippen LogP contribution in [0, 0.1) is 0 Å². The van der Waals surface area contributed by atoms with Gasteiger partial charge in [0.05, 0.1) is 25.9 Å². The molecule has 1 atom stereocenters. The van der Waals surface area contributed by atoms with Gasteiger partial charge in [-0.2, -0.15) is 0 Å². The molecule has 0 bridgehead atoms. The van der Waals surface area contributed by atoms with Gasteiger partial charge < -0.3 is 24.7 Å². The Morgan fingerprint density at radius 1 is 1.29 bits per heavy atom.